The molecule has 1 heterocycles. The number of carbonyl (C=O) groups is 1. The second-order valence-corrected chi connectivity index (χ2v) is 5.58. The van der Waals surface area contributed by atoms with E-state index in [1.165, 1.54) is 10.9 Å². The van der Waals surface area contributed by atoms with Gasteiger partial charge in [-0.1, -0.05) is 27.5 Å². The second-order valence-electron chi connectivity index (χ2n) is 4.26. The minimum Gasteiger partial charge on any atom is -0.485 e. The number of hydrogen-bond acceptors (Lipinski definition) is 3. The smallest absolute Gasteiger partial charge is 0.339 e. The van der Waals surface area contributed by atoms with Crippen molar-refractivity contribution in [2.75, 3.05) is 0 Å². The molecule has 0 atom stereocenters. The largest absolute Gasteiger partial charge is 0.485 e. The zero-order valence-electron chi connectivity index (χ0n) is 10.9. The van der Waals surface area contributed by atoms with E-state index in [9.17, 15) is 4.79 Å². The van der Waals surface area contributed by atoms with Crippen LogP contribution in [0.5, 0.6) is 5.75 Å². The highest BCUT2D eigenvalue weighted by Crippen LogP contribution is 2.32. The van der Waals surface area contributed by atoms with Gasteiger partial charge in [-0.05, 0) is 24.6 Å². The molecule has 1 N–H and O–H groups in total. The van der Waals surface area contributed by atoms with Crippen LogP contribution in [0.4, 0.5) is 0 Å². The third kappa shape index (κ3) is 2.96. The lowest BCUT2D eigenvalue weighted by atomic mass is 10.2. The van der Waals surface area contributed by atoms with Crippen LogP contribution in [0.25, 0.3) is 0 Å². The molecule has 0 aliphatic carbocycles. The van der Waals surface area contributed by atoms with Crippen LogP contribution in [0, 0.1) is 6.92 Å². The fraction of sp³-hybridized carbons (Fsp3) is 0.231. The summed E-state index contributed by atoms with van der Waals surface area (Å²) in [6.07, 6.45) is 1.30. The lowest BCUT2D eigenvalue weighted by Gasteiger charge is -2.12. The number of rotatable bonds is 4. The van der Waals surface area contributed by atoms with Gasteiger partial charge in [-0.15, -0.1) is 0 Å². The van der Waals surface area contributed by atoms with Crippen LogP contribution in [0.1, 0.15) is 21.6 Å². The van der Waals surface area contributed by atoms with Gasteiger partial charge in [0.25, 0.3) is 0 Å². The van der Waals surface area contributed by atoms with Gasteiger partial charge in [0.2, 0.25) is 0 Å². The molecule has 2 rings (SSSR count). The highest BCUT2D eigenvalue weighted by atomic mass is 79.9. The van der Waals surface area contributed by atoms with Crippen LogP contribution in [-0.4, -0.2) is 20.9 Å². The molecule has 0 saturated heterocycles. The van der Waals surface area contributed by atoms with E-state index in [4.69, 9.17) is 21.4 Å². The van der Waals surface area contributed by atoms with E-state index in [1.54, 1.807) is 13.1 Å². The predicted molar refractivity (Wildman–Crippen MR) is 78.4 cm³/mol. The minimum atomic E-state index is -1.03. The molecule has 0 aliphatic rings. The van der Waals surface area contributed by atoms with Gasteiger partial charge in [0.15, 0.2) is 0 Å². The number of carboxylic acids is 1. The summed E-state index contributed by atoms with van der Waals surface area (Å²) in [6, 6.07) is 3.60. The molecule has 20 heavy (non-hydrogen) atoms. The summed E-state index contributed by atoms with van der Waals surface area (Å²) < 4.78 is 8.00. The molecule has 5 nitrogen and oxygen atoms in total. The molecule has 0 spiro atoms. The number of aromatic nitrogens is 2. The molecule has 0 saturated carbocycles. The fourth-order valence-corrected chi connectivity index (χ4v) is 2.85. The summed E-state index contributed by atoms with van der Waals surface area (Å²) in [7, 11) is 1.67. The molecular weight excluding hydrogens is 348 g/mol. The predicted octanol–water partition coefficient (Wildman–Crippen LogP) is 3.42. The Morgan fingerprint density at radius 3 is 2.85 bits per heavy atom. The summed E-state index contributed by atoms with van der Waals surface area (Å²) in [5, 5.41) is 13.5. The Labute approximate surface area is 129 Å². The van der Waals surface area contributed by atoms with Crippen LogP contribution in [0.2, 0.25) is 5.02 Å². The number of benzene rings is 1. The Morgan fingerprint density at radius 1 is 1.55 bits per heavy atom. The van der Waals surface area contributed by atoms with Crippen LogP contribution in [-0.2, 0) is 13.7 Å². The number of carboxylic acid groups (broad SMARTS) is 1. The van der Waals surface area contributed by atoms with Gasteiger partial charge in [0, 0.05) is 11.5 Å². The molecule has 106 valence electrons. The summed E-state index contributed by atoms with van der Waals surface area (Å²) in [5.74, 6) is -0.497. The fourth-order valence-electron chi connectivity index (χ4n) is 1.83. The van der Waals surface area contributed by atoms with Crippen LogP contribution in [0.3, 0.4) is 0 Å². The zero-order chi connectivity index (χ0) is 14.9. The molecule has 0 fully saturated rings. The Hall–Kier alpha value is -1.53. The van der Waals surface area contributed by atoms with Crippen molar-refractivity contribution in [2.45, 2.75) is 13.5 Å². The first-order valence-electron chi connectivity index (χ1n) is 5.72. The van der Waals surface area contributed by atoms with Gasteiger partial charge < -0.3 is 9.84 Å². The van der Waals surface area contributed by atoms with Crippen LogP contribution >= 0.6 is 27.5 Å². The Morgan fingerprint density at radius 2 is 2.25 bits per heavy atom. The normalized spacial score (nSPS) is 10.6. The molecule has 0 unspecified atom stereocenters. The summed E-state index contributed by atoms with van der Waals surface area (Å²) in [4.78, 5) is 11.1. The van der Waals surface area contributed by atoms with Crippen molar-refractivity contribution in [2.24, 2.45) is 7.05 Å². The quantitative estimate of drug-likeness (QED) is 0.908. The maximum absolute atomic E-state index is 11.1. The summed E-state index contributed by atoms with van der Waals surface area (Å²) in [6.45, 7) is 1.95. The van der Waals surface area contributed by atoms with E-state index < -0.39 is 5.97 Å². The Balaban J connectivity index is 2.26. The Bertz CT molecular complexity index is 647. The summed E-state index contributed by atoms with van der Waals surface area (Å²) >= 11 is 9.47. The highest BCUT2D eigenvalue weighted by molar-refractivity contribution is 9.10. The Kier molecular flexibility index (Phi) is 4.35. The van der Waals surface area contributed by atoms with Crippen molar-refractivity contribution in [3.05, 3.63) is 44.6 Å². The van der Waals surface area contributed by atoms with Crippen molar-refractivity contribution in [3.8, 4) is 5.75 Å². The number of halogens is 2. The number of aryl methyl sites for hydroxylation is 2. The number of ether oxygens (including phenoxy) is 1. The lowest BCUT2D eigenvalue weighted by molar-refractivity contribution is 0.0693. The molecule has 7 heteroatoms. The van der Waals surface area contributed by atoms with E-state index in [0.29, 0.717) is 16.5 Å². The molecule has 0 radical (unpaired) electrons. The number of aromatic carboxylic acids is 1. The van der Waals surface area contributed by atoms with Crippen LogP contribution in [0.15, 0.2) is 22.8 Å². The average molecular weight is 360 g/mol. The second kappa shape index (κ2) is 5.85. The zero-order valence-corrected chi connectivity index (χ0v) is 13.2. The van der Waals surface area contributed by atoms with E-state index >= 15 is 0 Å². The third-order valence-corrected chi connectivity index (χ3v) is 3.58. The van der Waals surface area contributed by atoms with Gasteiger partial charge in [-0.2, -0.15) is 5.10 Å². The van der Waals surface area contributed by atoms with Gasteiger partial charge in [0.1, 0.15) is 17.9 Å². The van der Waals surface area contributed by atoms with Crippen molar-refractivity contribution in [1.29, 1.82) is 0 Å². The SMILES string of the molecule is Cc1cc(Br)cc(Cl)c1OCc1c(C(=O)O)cnn1C. The van der Waals surface area contributed by atoms with Gasteiger partial charge in [-0.3, -0.25) is 4.68 Å². The third-order valence-electron chi connectivity index (χ3n) is 2.84. The summed E-state index contributed by atoms with van der Waals surface area (Å²) in [5.41, 5.74) is 1.47. The van der Waals surface area contributed by atoms with Crippen molar-refractivity contribution < 1.29 is 14.6 Å². The van der Waals surface area contributed by atoms with Crippen molar-refractivity contribution >= 4 is 33.5 Å². The molecule has 1 aromatic heterocycles. The molecule has 0 bridgehead atoms. The first kappa shape index (κ1) is 14.9. The minimum absolute atomic E-state index is 0.0837. The van der Waals surface area contributed by atoms with Crippen molar-refractivity contribution in [3.63, 3.8) is 0 Å². The van der Waals surface area contributed by atoms with Crippen molar-refractivity contribution in [1.82, 2.24) is 9.78 Å². The maximum Gasteiger partial charge on any atom is 0.339 e. The number of nitrogens with zero attached hydrogens (tertiary/aromatic N) is 2. The highest BCUT2D eigenvalue weighted by Gasteiger charge is 2.16. The first-order valence-corrected chi connectivity index (χ1v) is 6.90. The van der Waals surface area contributed by atoms with Gasteiger partial charge in [0.05, 0.1) is 16.9 Å². The molecule has 0 amide bonds. The lowest BCUT2D eigenvalue weighted by Crippen LogP contribution is -2.09. The van der Waals surface area contributed by atoms with E-state index in [0.717, 1.165) is 10.0 Å². The van der Waals surface area contributed by atoms with E-state index in [-0.39, 0.29) is 12.2 Å². The topological polar surface area (TPSA) is 64.3 Å². The molecule has 1 aromatic carbocycles. The van der Waals surface area contributed by atoms with Gasteiger partial charge >= 0.3 is 5.97 Å². The molecule has 2 aromatic rings. The van der Waals surface area contributed by atoms with Crippen LogP contribution < -0.4 is 4.74 Å². The van der Waals surface area contributed by atoms with Gasteiger partial charge in [-0.25, -0.2) is 4.79 Å². The first-order chi connectivity index (χ1) is 9.40. The monoisotopic (exact) mass is 358 g/mol. The molecular formula is C13H12BrClN2O3. The van der Waals surface area contributed by atoms with E-state index in [2.05, 4.69) is 21.0 Å². The molecule has 0 aliphatic heterocycles. The van der Waals surface area contributed by atoms with E-state index in [1.807, 2.05) is 13.0 Å². The maximum atomic E-state index is 11.1. The standard InChI is InChI=1S/C13H12BrClN2O3/c1-7-3-8(14)4-10(15)12(7)20-6-11-9(13(18)19)5-16-17(11)2/h3-5H,6H2,1-2H3,(H,18,19). The average Bonchev–Trinajstić information content (AvgIpc) is 2.69. The number of hydrogen-bond donors (Lipinski definition) is 1.